The molecule has 0 radical (unpaired) electrons. The van der Waals surface area contributed by atoms with E-state index in [1.54, 1.807) is 18.3 Å². The monoisotopic (exact) mass is 515 g/mol. The number of anilines is 2. The lowest BCUT2D eigenvalue weighted by atomic mass is 9.92. The van der Waals surface area contributed by atoms with E-state index >= 15 is 0 Å². The van der Waals surface area contributed by atoms with E-state index in [0.29, 0.717) is 20.2 Å². The van der Waals surface area contributed by atoms with Gasteiger partial charge in [-0.3, -0.25) is 4.79 Å². The van der Waals surface area contributed by atoms with Gasteiger partial charge in [-0.1, -0.05) is 25.2 Å². The molecule has 1 aliphatic carbocycles. The fourth-order valence-electron chi connectivity index (χ4n) is 3.51. The van der Waals surface area contributed by atoms with Gasteiger partial charge in [0.1, 0.15) is 15.3 Å². The third kappa shape index (κ3) is 5.99. The molecule has 1 fully saturated rings. The second-order valence-electron chi connectivity index (χ2n) is 7.89. The summed E-state index contributed by atoms with van der Waals surface area (Å²) in [6.07, 6.45) is 4.73. The van der Waals surface area contributed by atoms with Crippen molar-refractivity contribution in [2.24, 2.45) is 5.92 Å². The molecule has 2 heterocycles. The van der Waals surface area contributed by atoms with E-state index in [4.69, 9.17) is 5.73 Å². The highest BCUT2D eigenvalue weighted by Crippen LogP contribution is 2.31. The number of nitrogen functional groups attached to an aromatic ring is 1. The highest BCUT2D eigenvalue weighted by atomic mass is 79.9. The number of pyridine rings is 1. The highest BCUT2D eigenvalue weighted by molar-refractivity contribution is 9.10. The smallest absolute Gasteiger partial charge is 0.212 e. The number of halogens is 1. The van der Waals surface area contributed by atoms with Crippen LogP contribution < -0.4 is 15.8 Å². The van der Waals surface area contributed by atoms with Crippen molar-refractivity contribution in [3.8, 4) is 0 Å². The molecule has 1 aliphatic rings. The second kappa shape index (κ2) is 9.71. The topological polar surface area (TPSA) is 127 Å². The molecule has 3 rings (SSSR count). The molecule has 0 saturated heterocycles. The summed E-state index contributed by atoms with van der Waals surface area (Å²) >= 11 is 4.52. The normalized spacial score (nSPS) is 19.7. The fourth-order valence-corrected chi connectivity index (χ4v) is 6.57. The standard InChI is InChI=1S/C19H26BrN5O3S2/c1-11(2)10-30(27,28)25-13-7-5-12(6-8-13)23-19-24-18(21)16(29-19)15(26)14-4-3-9-22-17(14)20/h3-4,9,11-13,25H,5-8,10,21H2,1-2H3,(H,23,24). The second-order valence-corrected chi connectivity index (χ2v) is 11.4. The summed E-state index contributed by atoms with van der Waals surface area (Å²) in [5, 5.41) is 3.95. The molecule has 0 unspecified atom stereocenters. The number of nitrogens with two attached hydrogens (primary N) is 1. The average molecular weight is 516 g/mol. The van der Waals surface area contributed by atoms with E-state index in [9.17, 15) is 13.2 Å². The van der Waals surface area contributed by atoms with Crippen LogP contribution in [-0.4, -0.2) is 42.0 Å². The van der Waals surface area contributed by atoms with Crippen molar-refractivity contribution < 1.29 is 13.2 Å². The number of sulfonamides is 1. The van der Waals surface area contributed by atoms with Gasteiger partial charge in [-0.25, -0.2) is 23.1 Å². The summed E-state index contributed by atoms with van der Waals surface area (Å²) < 4.78 is 27.6. The van der Waals surface area contributed by atoms with Crippen LogP contribution in [0.25, 0.3) is 0 Å². The lowest BCUT2D eigenvalue weighted by Gasteiger charge is -2.29. The molecule has 0 aliphatic heterocycles. The summed E-state index contributed by atoms with van der Waals surface area (Å²) in [7, 11) is -3.24. The maximum Gasteiger partial charge on any atom is 0.212 e. The average Bonchev–Trinajstić information content (AvgIpc) is 3.02. The summed E-state index contributed by atoms with van der Waals surface area (Å²) in [6.45, 7) is 3.79. The predicted octanol–water partition coefficient (Wildman–Crippen LogP) is 3.41. The number of ketones is 1. The van der Waals surface area contributed by atoms with Gasteiger partial charge in [0.05, 0.1) is 11.3 Å². The van der Waals surface area contributed by atoms with Gasteiger partial charge >= 0.3 is 0 Å². The first kappa shape index (κ1) is 23.1. The van der Waals surface area contributed by atoms with Crippen LogP contribution in [0, 0.1) is 5.92 Å². The molecule has 0 aromatic carbocycles. The Balaban J connectivity index is 1.58. The quantitative estimate of drug-likeness (QED) is 0.363. The zero-order valence-corrected chi connectivity index (χ0v) is 20.1. The summed E-state index contributed by atoms with van der Waals surface area (Å²) in [5.41, 5.74) is 6.43. The number of aromatic nitrogens is 2. The maximum atomic E-state index is 12.8. The minimum atomic E-state index is -3.24. The molecule has 2 aromatic heterocycles. The van der Waals surface area contributed by atoms with Gasteiger partial charge in [0.25, 0.3) is 0 Å². The molecular formula is C19H26BrN5O3S2. The molecule has 2 aromatic rings. The van der Waals surface area contributed by atoms with Crippen LogP contribution in [0.4, 0.5) is 10.9 Å². The van der Waals surface area contributed by atoms with Crippen LogP contribution in [-0.2, 0) is 10.0 Å². The van der Waals surface area contributed by atoms with Gasteiger partial charge in [-0.2, -0.15) is 0 Å². The van der Waals surface area contributed by atoms with E-state index in [2.05, 4.69) is 35.9 Å². The molecule has 1 saturated carbocycles. The van der Waals surface area contributed by atoms with Crippen molar-refractivity contribution in [2.75, 3.05) is 16.8 Å². The van der Waals surface area contributed by atoms with Crippen molar-refractivity contribution in [1.82, 2.24) is 14.7 Å². The minimum absolute atomic E-state index is 0.0340. The van der Waals surface area contributed by atoms with Gasteiger partial charge in [0.15, 0.2) is 5.13 Å². The van der Waals surface area contributed by atoms with Crippen LogP contribution in [0.2, 0.25) is 0 Å². The highest BCUT2D eigenvalue weighted by Gasteiger charge is 2.27. The number of nitrogens with one attached hydrogen (secondary N) is 2. The van der Waals surface area contributed by atoms with Crippen LogP contribution in [0.3, 0.4) is 0 Å². The number of carbonyl (C=O) groups is 1. The third-order valence-electron chi connectivity index (χ3n) is 4.82. The van der Waals surface area contributed by atoms with Gasteiger partial charge in [-0.15, -0.1) is 0 Å². The van der Waals surface area contributed by atoms with Crippen LogP contribution in [0.5, 0.6) is 0 Å². The molecule has 0 amide bonds. The molecule has 4 N–H and O–H groups in total. The molecule has 30 heavy (non-hydrogen) atoms. The number of hydrogen-bond donors (Lipinski definition) is 3. The Labute approximate surface area is 189 Å². The number of rotatable bonds is 8. The van der Waals surface area contributed by atoms with Crippen molar-refractivity contribution in [1.29, 1.82) is 0 Å². The zero-order valence-electron chi connectivity index (χ0n) is 16.9. The van der Waals surface area contributed by atoms with E-state index in [-0.39, 0.29) is 35.4 Å². The Morgan fingerprint density at radius 3 is 2.60 bits per heavy atom. The molecule has 164 valence electrons. The van der Waals surface area contributed by atoms with Crippen LogP contribution in [0.1, 0.15) is 54.8 Å². The van der Waals surface area contributed by atoms with Gasteiger partial charge in [0, 0.05) is 18.3 Å². The van der Waals surface area contributed by atoms with Gasteiger partial charge < -0.3 is 11.1 Å². The van der Waals surface area contributed by atoms with Crippen molar-refractivity contribution in [2.45, 2.75) is 51.6 Å². The third-order valence-corrected chi connectivity index (χ3v) is 8.25. The summed E-state index contributed by atoms with van der Waals surface area (Å²) in [6, 6.07) is 3.51. The Kier molecular flexibility index (Phi) is 7.48. The minimum Gasteiger partial charge on any atom is -0.382 e. The lowest BCUT2D eigenvalue weighted by molar-refractivity contribution is 0.104. The molecule has 11 heteroatoms. The number of carbonyl (C=O) groups excluding carboxylic acids is 1. The lowest BCUT2D eigenvalue weighted by Crippen LogP contribution is -2.41. The predicted molar refractivity (Wildman–Crippen MR) is 123 cm³/mol. The molecule has 8 nitrogen and oxygen atoms in total. The first-order chi connectivity index (χ1) is 14.1. The number of thiazole rings is 1. The van der Waals surface area contributed by atoms with Crippen molar-refractivity contribution in [3.05, 3.63) is 33.4 Å². The number of nitrogens with zero attached hydrogens (tertiary/aromatic N) is 2. The van der Waals surface area contributed by atoms with Gasteiger partial charge in [-0.05, 0) is 59.7 Å². The summed E-state index contributed by atoms with van der Waals surface area (Å²) in [5.74, 6) is 0.215. The Hall–Kier alpha value is -1.56. The van der Waals surface area contributed by atoms with Gasteiger partial charge in [0.2, 0.25) is 15.8 Å². The number of hydrogen-bond acceptors (Lipinski definition) is 8. The van der Waals surface area contributed by atoms with E-state index < -0.39 is 10.0 Å². The van der Waals surface area contributed by atoms with Crippen LogP contribution >= 0.6 is 27.3 Å². The first-order valence-corrected chi connectivity index (χ1v) is 13.1. The van der Waals surface area contributed by atoms with E-state index in [1.807, 2.05) is 13.8 Å². The molecule has 0 bridgehead atoms. The SMILES string of the molecule is CC(C)CS(=O)(=O)NC1CCC(Nc2nc(N)c(C(=O)c3cccnc3Br)s2)CC1. The Morgan fingerprint density at radius 2 is 1.97 bits per heavy atom. The first-order valence-electron chi connectivity index (χ1n) is 9.82. The molecular weight excluding hydrogens is 490 g/mol. The maximum absolute atomic E-state index is 12.8. The fraction of sp³-hybridized carbons (Fsp3) is 0.526. The molecule has 0 atom stereocenters. The Bertz CT molecular complexity index is 1000. The zero-order chi connectivity index (χ0) is 21.9. The largest absolute Gasteiger partial charge is 0.382 e. The van der Waals surface area contributed by atoms with Crippen LogP contribution in [0.15, 0.2) is 22.9 Å². The van der Waals surface area contributed by atoms with E-state index in [0.717, 1.165) is 25.7 Å². The summed E-state index contributed by atoms with van der Waals surface area (Å²) in [4.78, 5) is 21.5. The van der Waals surface area contributed by atoms with E-state index in [1.165, 1.54) is 11.3 Å². The Morgan fingerprint density at radius 1 is 1.30 bits per heavy atom. The van der Waals surface area contributed by atoms with Crippen molar-refractivity contribution in [3.63, 3.8) is 0 Å². The van der Waals surface area contributed by atoms with Crippen molar-refractivity contribution >= 4 is 54.0 Å². The molecule has 0 spiro atoms.